The molecule has 4 aliphatic rings. The maximum Gasteiger partial charge on any atom is 0.260 e. The number of allylic oxidation sites excluding steroid dienone is 2. The molecule has 4 amide bonds. The largest absolute Gasteiger partial charge is 0.508 e. The molecule has 9 nitrogen and oxygen atoms in total. The van der Waals surface area contributed by atoms with E-state index in [0.717, 1.165) is 20.6 Å². The van der Waals surface area contributed by atoms with Gasteiger partial charge in [-0.2, -0.15) is 5.01 Å². The van der Waals surface area contributed by atoms with Gasteiger partial charge in [0, 0.05) is 16.0 Å². The smallest absolute Gasteiger partial charge is 0.260 e. The van der Waals surface area contributed by atoms with Crippen LogP contribution in [0.15, 0.2) is 113 Å². The number of carbonyl (C=O) groups is 4. The summed E-state index contributed by atoms with van der Waals surface area (Å²) in [4.78, 5) is 59.8. The molecule has 2 saturated heterocycles. The lowest BCUT2D eigenvalue weighted by Crippen LogP contribution is -2.53. The molecule has 0 spiro atoms. The van der Waals surface area contributed by atoms with Crippen molar-refractivity contribution in [1.82, 2.24) is 5.01 Å². The van der Waals surface area contributed by atoms with Gasteiger partial charge in [-0.25, -0.2) is 0 Å². The fourth-order valence-corrected chi connectivity index (χ4v) is 9.17. The summed E-state index contributed by atoms with van der Waals surface area (Å²) in [5, 5.41) is 12.8. The van der Waals surface area contributed by atoms with Gasteiger partial charge in [0.1, 0.15) is 11.5 Å². The molecule has 6 atom stereocenters. The third-order valence-electron chi connectivity index (χ3n) is 11.0. The highest BCUT2D eigenvalue weighted by Crippen LogP contribution is 2.66. The van der Waals surface area contributed by atoms with E-state index in [9.17, 15) is 19.5 Å². The second-order valence-electron chi connectivity index (χ2n) is 13.5. The van der Waals surface area contributed by atoms with Crippen molar-refractivity contribution in [3.63, 3.8) is 0 Å². The highest BCUT2D eigenvalue weighted by atomic mass is 79.9. The topological polar surface area (TPSA) is 116 Å². The van der Waals surface area contributed by atoms with Crippen LogP contribution in [0.25, 0.3) is 0 Å². The number of benzene rings is 4. The van der Waals surface area contributed by atoms with Gasteiger partial charge in [0.15, 0.2) is 0 Å². The first-order valence-electron chi connectivity index (χ1n) is 16.6. The summed E-state index contributed by atoms with van der Waals surface area (Å²) in [5.74, 6) is -5.10. The normalized spacial score (nSPS) is 27.1. The fraction of sp³-hybridized carbons (Fsp3) is 0.250. The minimum Gasteiger partial charge on any atom is -0.508 e. The first-order chi connectivity index (χ1) is 24.2. The van der Waals surface area contributed by atoms with E-state index in [1.165, 1.54) is 12.0 Å². The van der Waals surface area contributed by atoms with E-state index in [-0.39, 0.29) is 30.4 Å². The number of halogens is 1. The molecule has 0 bridgehead atoms. The Morgan fingerprint density at radius 2 is 1.56 bits per heavy atom. The number of phenols is 1. The quantitative estimate of drug-likeness (QED) is 0.168. The van der Waals surface area contributed by atoms with Crippen LogP contribution < -0.4 is 15.1 Å². The molecule has 0 aromatic heterocycles. The molecule has 252 valence electrons. The van der Waals surface area contributed by atoms with Gasteiger partial charge >= 0.3 is 0 Å². The van der Waals surface area contributed by atoms with Crippen LogP contribution >= 0.6 is 15.9 Å². The lowest BCUT2D eigenvalue weighted by molar-refractivity contribution is -0.138. The minimum atomic E-state index is -1.52. The summed E-state index contributed by atoms with van der Waals surface area (Å²) in [7, 11) is 1.50. The van der Waals surface area contributed by atoms with Crippen LogP contribution in [0.4, 0.5) is 11.4 Å². The number of nitrogens with one attached hydrogen (secondary N) is 1. The van der Waals surface area contributed by atoms with Gasteiger partial charge in [-0.3, -0.25) is 29.5 Å². The molecule has 2 N–H and O–H groups in total. The number of fused-ring (bicyclic) bond motifs is 4. The van der Waals surface area contributed by atoms with E-state index in [2.05, 4.69) is 21.4 Å². The van der Waals surface area contributed by atoms with Crippen molar-refractivity contribution in [1.29, 1.82) is 0 Å². The maximum absolute atomic E-state index is 15.3. The van der Waals surface area contributed by atoms with Gasteiger partial charge in [-0.1, -0.05) is 81.7 Å². The molecular weight excluding hydrogens is 698 g/mol. The molecule has 4 aromatic rings. The number of hydrogen-bond donors (Lipinski definition) is 2. The summed E-state index contributed by atoms with van der Waals surface area (Å²) in [5.41, 5.74) is 5.35. The van der Waals surface area contributed by atoms with Crippen molar-refractivity contribution in [3.8, 4) is 11.5 Å². The number of amides is 4. The number of carbonyl (C=O) groups excluding carboxylic acids is 4. The van der Waals surface area contributed by atoms with E-state index < -0.39 is 46.8 Å². The van der Waals surface area contributed by atoms with Crippen molar-refractivity contribution in [2.45, 2.75) is 31.1 Å². The molecule has 2 aliphatic carbocycles. The Balaban J connectivity index is 1.34. The van der Waals surface area contributed by atoms with Crippen LogP contribution in [-0.4, -0.2) is 40.9 Å². The number of hydrogen-bond acceptors (Lipinski definition) is 7. The van der Waals surface area contributed by atoms with E-state index in [1.807, 2.05) is 67.6 Å². The fourth-order valence-electron chi connectivity index (χ4n) is 8.91. The average molecular weight is 733 g/mol. The Labute approximate surface area is 297 Å². The van der Waals surface area contributed by atoms with E-state index in [1.54, 1.807) is 42.5 Å². The van der Waals surface area contributed by atoms with Gasteiger partial charge in [0.2, 0.25) is 11.8 Å². The van der Waals surface area contributed by atoms with E-state index in [0.29, 0.717) is 28.3 Å². The van der Waals surface area contributed by atoms with E-state index in [4.69, 9.17) is 4.74 Å². The molecule has 10 heteroatoms. The summed E-state index contributed by atoms with van der Waals surface area (Å²) in [6.07, 6.45) is 2.38. The molecular formula is C40H34BrN3O6. The highest BCUT2D eigenvalue weighted by Gasteiger charge is 2.71. The van der Waals surface area contributed by atoms with Crippen molar-refractivity contribution >= 4 is 50.9 Å². The number of anilines is 2. The van der Waals surface area contributed by atoms with Crippen molar-refractivity contribution < 1.29 is 29.0 Å². The highest BCUT2D eigenvalue weighted by molar-refractivity contribution is 9.10. The molecule has 1 saturated carbocycles. The standard InChI is InChI=1S/C40H34BrN3O6/c1-22-11-15-25(16-12-22)42-44-37(47)30-21-29-27(19-20-28-33(29)38(48)43(36(28)46)26-17-13-24(41)14-18-26)35(34-31(45)9-6-10-32(34)50-2)40(30,39(44)49)23-7-4-3-5-8-23/h3-19,28-30,33,35,42,45H,20-21H2,1-2H3/t28-,29+,30-,33-,35+,40+/m0/s1. The number of ether oxygens (including phenoxy) is 1. The second kappa shape index (κ2) is 12.0. The number of aryl methyl sites for hydroxylation is 1. The van der Waals surface area contributed by atoms with E-state index >= 15 is 4.79 Å². The summed E-state index contributed by atoms with van der Waals surface area (Å²) < 4.78 is 6.67. The lowest BCUT2D eigenvalue weighted by Gasteiger charge is -2.50. The Bertz CT molecular complexity index is 2080. The number of nitrogens with zero attached hydrogens (tertiary/aromatic N) is 2. The molecule has 3 fully saturated rings. The zero-order chi connectivity index (χ0) is 34.9. The number of aromatic hydroxyl groups is 1. The average Bonchev–Trinajstić information content (AvgIpc) is 3.51. The van der Waals surface area contributed by atoms with Crippen LogP contribution in [0.1, 0.15) is 35.4 Å². The molecule has 0 radical (unpaired) electrons. The van der Waals surface area contributed by atoms with Crippen LogP contribution in [0.5, 0.6) is 11.5 Å². The van der Waals surface area contributed by atoms with Crippen molar-refractivity contribution in [2.75, 3.05) is 17.4 Å². The number of hydrazine groups is 1. The Hall–Kier alpha value is -5.22. The first-order valence-corrected chi connectivity index (χ1v) is 17.4. The van der Waals surface area contributed by atoms with Gasteiger partial charge in [-0.15, -0.1) is 0 Å². The third kappa shape index (κ3) is 4.57. The van der Waals surface area contributed by atoms with Crippen molar-refractivity contribution in [3.05, 3.63) is 130 Å². The molecule has 2 heterocycles. The first kappa shape index (κ1) is 32.0. The zero-order valence-electron chi connectivity index (χ0n) is 27.4. The van der Waals surface area contributed by atoms with Gasteiger partial charge in [0.05, 0.1) is 41.7 Å². The van der Waals surface area contributed by atoms with Crippen LogP contribution in [0.3, 0.4) is 0 Å². The van der Waals surface area contributed by atoms with Crippen molar-refractivity contribution in [2.24, 2.45) is 23.7 Å². The third-order valence-corrected chi connectivity index (χ3v) is 11.6. The summed E-state index contributed by atoms with van der Waals surface area (Å²) in [6, 6.07) is 28.6. The molecule has 50 heavy (non-hydrogen) atoms. The maximum atomic E-state index is 15.3. The SMILES string of the molecule is COc1cccc(O)c1[C@H]1C2=CC[C@@H]3C(=O)N(c4ccc(Br)cc4)C(=O)[C@@H]3[C@@H]2C[C@H]2C(=O)N(Nc3ccc(C)cc3)C(=O)[C@@]12c1ccccc1. The molecule has 4 aromatic carbocycles. The van der Waals surface area contributed by atoms with Crippen LogP contribution in [-0.2, 0) is 24.6 Å². The van der Waals surface area contributed by atoms with Gasteiger partial charge in [0.25, 0.3) is 11.8 Å². The second-order valence-corrected chi connectivity index (χ2v) is 14.4. The minimum absolute atomic E-state index is 0.0948. The van der Waals surface area contributed by atoms with Gasteiger partial charge < -0.3 is 9.84 Å². The number of methoxy groups -OCH3 is 1. The lowest BCUT2D eigenvalue weighted by atomic mass is 9.49. The Morgan fingerprint density at radius 3 is 2.26 bits per heavy atom. The zero-order valence-corrected chi connectivity index (χ0v) is 29.0. The number of imide groups is 2. The molecule has 0 unspecified atom stereocenters. The Morgan fingerprint density at radius 1 is 0.840 bits per heavy atom. The molecule has 2 aliphatic heterocycles. The van der Waals surface area contributed by atoms with Crippen LogP contribution in [0, 0.1) is 30.6 Å². The predicted molar refractivity (Wildman–Crippen MR) is 190 cm³/mol. The Kier molecular flexibility index (Phi) is 7.67. The van der Waals surface area contributed by atoms with Gasteiger partial charge in [-0.05, 0) is 79.8 Å². The summed E-state index contributed by atoms with van der Waals surface area (Å²) in [6.45, 7) is 1.95. The van der Waals surface area contributed by atoms with Crippen LogP contribution in [0.2, 0.25) is 0 Å². The summed E-state index contributed by atoms with van der Waals surface area (Å²) >= 11 is 3.43. The predicted octanol–water partition coefficient (Wildman–Crippen LogP) is 6.66. The number of rotatable bonds is 6. The molecule has 8 rings (SSSR count). The monoisotopic (exact) mass is 731 g/mol. The number of phenolic OH excluding ortho intramolecular Hbond substituents is 1.